The summed E-state index contributed by atoms with van der Waals surface area (Å²) in [6.45, 7) is 1.87. The molecule has 0 unspecified atom stereocenters. The maximum Gasteiger partial charge on any atom is 0.359 e. The molecule has 20 heavy (non-hydrogen) atoms. The second kappa shape index (κ2) is 5.80. The van der Waals surface area contributed by atoms with Crippen LogP contribution in [0.4, 0.5) is 0 Å². The highest BCUT2D eigenvalue weighted by atomic mass is 16.5. The average molecular weight is 269 g/mol. The lowest BCUT2D eigenvalue weighted by atomic mass is 10.2. The fourth-order valence-corrected chi connectivity index (χ4v) is 1.68. The van der Waals surface area contributed by atoms with E-state index in [2.05, 4.69) is 5.10 Å². The Labute approximate surface area is 115 Å². The third kappa shape index (κ3) is 2.57. The van der Waals surface area contributed by atoms with Crippen LogP contribution >= 0.6 is 0 Å². The smallest absolute Gasteiger partial charge is 0.359 e. The summed E-state index contributed by atoms with van der Waals surface area (Å²) < 4.78 is 6.21. The van der Waals surface area contributed by atoms with E-state index in [0.29, 0.717) is 17.5 Å². The molecule has 0 aliphatic rings. The molecule has 0 aliphatic carbocycles. The number of aldehydes is 1. The Kier molecular flexibility index (Phi) is 3.91. The van der Waals surface area contributed by atoms with Crippen molar-refractivity contribution in [2.45, 2.75) is 6.92 Å². The molecular weight excluding hydrogens is 258 g/mol. The molecule has 0 atom stereocenters. The Balaban J connectivity index is 2.46. The topological polar surface area (TPSA) is 85.0 Å². The zero-order chi connectivity index (χ0) is 14.5. The number of aromatic nitrogens is 2. The van der Waals surface area contributed by atoms with Gasteiger partial charge in [-0.25, -0.2) is 9.48 Å². The molecule has 1 aromatic carbocycles. The first-order valence-electron chi connectivity index (χ1n) is 5.92. The highest BCUT2D eigenvalue weighted by Crippen LogP contribution is 2.13. The van der Waals surface area contributed by atoms with Gasteiger partial charge in [-0.05, 0) is 25.1 Å². The number of esters is 1. The van der Waals surface area contributed by atoms with E-state index in [1.807, 2.05) is 6.07 Å². The Morgan fingerprint density at radius 2 is 2.35 bits per heavy atom. The van der Waals surface area contributed by atoms with Crippen molar-refractivity contribution in [1.29, 1.82) is 5.26 Å². The van der Waals surface area contributed by atoms with Gasteiger partial charge in [0.05, 0.1) is 29.5 Å². The second-order valence-electron chi connectivity index (χ2n) is 3.88. The van der Waals surface area contributed by atoms with Crippen molar-refractivity contribution < 1.29 is 14.3 Å². The number of rotatable bonds is 4. The van der Waals surface area contributed by atoms with Gasteiger partial charge < -0.3 is 4.74 Å². The van der Waals surface area contributed by atoms with Gasteiger partial charge in [0.1, 0.15) is 0 Å². The molecule has 1 heterocycles. The molecule has 100 valence electrons. The monoisotopic (exact) mass is 269 g/mol. The molecule has 0 saturated carbocycles. The zero-order valence-electron chi connectivity index (χ0n) is 10.7. The van der Waals surface area contributed by atoms with E-state index in [4.69, 9.17) is 10.00 Å². The number of carbonyl (C=O) groups is 2. The number of nitriles is 1. The third-order valence-corrected chi connectivity index (χ3v) is 2.58. The highest BCUT2D eigenvalue weighted by molar-refractivity contribution is 5.96. The number of hydrogen-bond donors (Lipinski definition) is 0. The largest absolute Gasteiger partial charge is 0.461 e. The van der Waals surface area contributed by atoms with Gasteiger partial charge in [-0.2, -0.15) is 10.4 Å². The maximum atomic E-state index is 11.7. The first kappa shape index (κ1) is 13.5. The maximum absolute atomic E-state index is 11.7. The number of nitrogens with zero attached hydrogens (tertiary/aromatic N) is 3. The van der Waals surface area contributed by atoms with Crippen molar-refractivity contribution in [3.05, 3.63) is 47.3 Å². The molecular formula is C14H11N3O3. The van der Waals surface area contributed by atoms with Crippen LogP contribution in [0.25, 0.3) is 5.69 Å². The minimum Gasteiger partial charge on any atom is -0.461 e. The van der Waals surface area contributed by atoms with E-state index < -0.39 is 5.97 Å². The molecule has 0 aliphatic heterocycles. The normalized spacial score (nSPS) is 9.80. The van der Waals surface area contributed by atoms with E-state index in [-0.39, 0.29) is 17.9 Å². The van der Waals surface area contributed by atoms with Gasteiger partial charge in [0.25, 0.3) is 0 Å². The summed E-state index contributed by atoms with van der Waals surface area (Å²) in [5.74, 6) is -0.648. The molecule has 0 fully saturated rings. The third-order valence-electron chi connectivity index (χ3n) is 2.58. The highest BCUT2D eigenvalue weighted by Gasteiger charge is 2.18. The Morgan fingerprint density at radius 1 is 1.55 bits per heavy atom. The van der Waals surface area contributed by atoms with Crippen LogP contribution in [0.5, 0.6) is 0 Å². The minimum atomic E-state index is -0.648. The van der Waals surface area contributed by atoms with Crippen molar-refractivity contribution in [2.24, 2.45) is 0 Å². The van der Waals surface area contributed by atoms with Gasteiger partial charge in [0, 0.05) is 6.20 Å². The Bertz CT molecular complexity index is 698. The van der Waals surface area contributed by atoms with Crippen molar-refractivity contribution in [1.82, 2.24) is 9.78 Å². The molecule has 0 N–H and O–H groups in total. The summed E-state index contributed by atoms with van der Waals surface area (Å²) in [4.78, 5) is 22.7. The van der Waals surface area contributed by atoms with Gasteiger partial charge in [0.15, 0.2) is 12.0 Å². The lowest BCUT2D eigenvalue weighted by Gasteiger charge is -2.01. The molecule has 0 bridgehead atoms. The summed E-state index contributed by atoms with van der Waals surface area (Å²) in [6, 6.07) is 8.69. The van der Waals surface area contributed by atoms with Crippen LogP contribution in [0.3, 0.4) is 0 Å². The lowest BCUT2D eigenvalue weighted by Crippen LogP contribution is -2.08. The van der Waals surface area contributed by atoms with Gasteiger partial charge in [-0.15, -0.1) is 0 Å². The first-order valence-corrected chi connectivity index (χ1v) is 5.92. The van der Waals surface area contributed by atoms with E-state index in [0.717, 1.165) is 0 Å². The molecule has 0 radical (unpaired) electrons. The molecule has 1 aromatic heterocycles. The van der Waals surface area contributed by atoms with E-state index in [9.17, 15) is 9.59 Å². The van der Waals surface area contributed by atoms with Gasteiger partial charge in [0.2, 0.25) is 0 Å². The Hall–Kier alpha value is -2.94. The van der Waals surface area contributed by atoms with Crippen LogP contribution < -0.4 is 0 Å². The van der Waals surface area contributed by atoms with Crippen LogP contribution in [0, 0.1) is 11.3 Å². The van der Waals surface area contributed by atoms with E-state index in [1.165, 1.54) is 10.9 Å². The van der Waals surface area contributed by atoms with Gasteiger partial charge >= 0.3 is 5.97 Å². The quantitative estimate of drug-likeness (QED) is 0.623. The fraction of sp³-hybridized carbons (Fsp3) is 0.143. The molecule has 6 nitrogen and oxygen atoms in total. The SMILES string of the molecule is CCOC(=O)c1nn(-c2cccc(C#N)c2)cc1C=O. The molecule has 2 aromatic rings. The van der Waals surface area contributed by atoms with Gasteiger partial charge in [-0.3, -0.25) is 4.79 Å². The number of hydrogen-bond acceptors (Lipinski definition) is 5. The number of benzene rings is 1. The van der Waals surface area contributed by atoms with Crippen LogP contribution in [-0.2, 0) is 4.74 Å². The number of ether oxygens (including phenoxy) is 1. The summed E-state index contributed by atoms with van der Waals surface area (Å²) >= 11 is 0. The minimum absolute atomic E-state index is 0.0378. The predicted octanol–water partition coefficient (Wildman–Crippen LogP) is 1.73. The number of carbonyl (C=O) groups excluding carboxylic acids is 2. The van der Waals surface area contributed by atoms with Crippen molar-refractivity contribution in [3.63, 3.8) is 0 Å². The lowest BCUT2D eigenvalue weighted by molar-refractivity contribution is 0.0517. The average Bonchev–Trinajstić information content (AvgIpc) is 2.92. The predicted molar refractivity (Wildman–Crippen MR) is 69.6 cm³/mol. The summed E-state index contributed by atoms with van der Waals surface area (Å²) in [5.41, 5.74) is 1.15. The zero-order valence-corrected chi connectivity index (χ0v) is 10.7. The molecule has 0 amide bonds. The summed E-state index contributed by atoms with van der Waals surface area (Å²) in [7, 11) is 0. The van der Waals surface area contributed by atoms with Crippen LogP contribution in [0.15, 0.2) is 30.5 Å². The van der Waals surface area contributed by atoms with Crippen molar-refractivity contribution in [2.75, 3.05) is 6.61 Å². The van der Waals surface area contributed by atoms with Crippen LogP contribution in [0.2, 0.25) is 0 Å². The van der Waals surface area contributed by atoms with Crippen LogP contribution in [-0.4, -0.2) is 28.6 Å². The first-order chi connectivity index (χ1) is 9.69. The van der Waals surface area contributed by atoms with E-state index in [1.54, 1.807) is 31.2 Å². The molecule has 0 spiro atoms. The molecule has 0 saturated heterocycles. The summed E-state index contributed by atoms with van der Waals surface area (Å²) in [6.07, 6.45) is 1.97. The second-order valence-corrected chi connectivity index (χ2v) is 3.88. The van der Waals surface area contributed by atoms with Gasteiger partial charge in [-0.1, -0.05) is 6.07 Å². The van der Waals surface area contributed by atoms with E-state index >= 15 is 0 Å². The standard InChI is InChI=1S/C14H11N3O3/c1-2-20-14(19)13-11(9-18)8-17(16-13)12-5-3-4-10(6-12)7-15/h3-6,8-9H,2H2,1H3. The van der Waals surface area contributed by atoms with Crippen molar-refractivity contribution in [3.8, 4) is 11.8 Å². The fourth-order valence-electron chi connectivity index (χ4n) is 1.68. The molecule has 6 heteroatoms. The Morgan fingerprint density at radius 3 is 3.00 bits per heavy atom. The molecule has 2 rings (SSSR count). The van der Waals surface area contributed by atoms with Crippen molar-refractivity contribution >= 4 is 12.3 Å². The van der Waals surface area contributed by atoms with Crippen LogP contribution in [0.1, 0.15) is 33.3 Å². The summed E-state index contributed by atoms with van der Waals surface area (Å²) in [5, 5.41) is 12.9.